The first-order chi connectivity index (χ1) is 16.1. The number of nitrogens with one attached hydrogen (secondary N) is 1. The van der Waals surface area contributed by atoms with Crippen molar-refractivity contribution in [3.05, 3.63) is 54.1 Å². The van der Waals surface area contributed by atoms with Crippen molar-refractivity contribution in [2.75, 3.05) is 23.3 Å². The van der Waals surface area contributed by atoms with Crippen LogP contribution in [-0.4, -0.2) is 43.6 Å². The zero-order valence-corrected chi connectivity index (χ0v) is 18.5. The molecule has 9 nitrogen and oxygen atoms in total. The number of anilines is 2. The lowest BCUT2D eigenvalue weighted by Crippen LogP contribution is -2.33. The highest BCUT2D eigenvalue weighted by Gasteiger charge is 2.27. The molecule has 4 aromatic rings. The fraction of sp³-hybridized carbons (Fsp3) is 0.292. The summed E-state index contributed by atoms with van der Waals surface area (Å²) in [7, 11) is 1.98. The maximum Gasteiger partial charge on any atom is 0.346 e. The van der Waals surface area contributed by atoms with Gasteiger partial charge in [-0.05, 0) is 55.0 Å². The quantitative estimate of drug-likeness (QED) is 0.519. The van der Waals surface area contributed by atoms with E-state index in [0.29, 0.717) is 5.92 Å². The van der Waals surface area contributed by atoms with Crippen LogP contribution in [0.4, 0.5) is 22.0 Å². The first kappa shape index (κ1) is 19.7. The summed E-state index contributed by atoms with van der Waals surface area (Å²) in [6.07, 6.45) is 7.28. The van der Waals surface area contributed by atoms with Crippen LogP contribution in [-0.2, 0) is 7.05 Å². The van der Waals surface area contributed by atoms with E-state index in [1.807, 2.05) is 43.1 Å². The summed E-state index contributed by atoms with van der Waals surface area (Å²) in [4.78, 5) is 32.2. The maximum absolute atomic E-state index is 11.5. The van der Waals surface area contributed by atoms with Crippen molar-refractivity contribution in [2.24, 2.45) is 7.05 Å². The number of piperidine rings is 1. The highest BCUT2D eigenvalue weighted by atomic mass is 16.2. The predicted molar refractivity (Wildman–Crippen MR) is 126 cm³/mol. The molecule has 2 amide bonds. The Kier molecular flexibility index (Phi) is 4.49. The van der Waals surface area contributed by atoms with E-state index in [2.05, 4.69) is 42.6 Å². The lowest BCUT2D eigenvalue weighted by molar-refractivity contribution is 0.256. The second-order valence-corrected chi connectivity index (χ2v) is 8.69. The van der Waals surface area contributed by atoms with Gasteiger partial charge in [-0.1, -0.05) is 6.07 Å². The lowest BCUT2D eigenvalue weighted by Gasteiger charge is -2.33. The highest BCUT2D eigenvalue weighted by molar-refractivity contribution is 6.02. The normalized spacial score (nSPS) is 16.1. The molecule has 9 heteroatoms. The van der Waals surface area contributed by atoms with Crippen LogP contribution in [0.15, 0.2) is 43.0 Å². The van der Waals surface area contributed by atoms with Gasteiger partial charge in [-0.25, -0.2) is 19.7 Å². The predicted octanol–water partition coefficient (Wildman–Crippen LogP) is 3.90. The molecule has 0 spiro atoms. The van der Waals surface area contributed by atoms with Crippen molar-refractivity contribution < 1.29 is 4.79 Å². The van der Waals surface area contributed by atoms with Crippen LogP contribution in [0.1, 0.15) is 29.9 Å². The summed E-state index contributed by atoms with van der Waals surface area (Å²) in [5.74, 6) is 2.13. The smallest absolute Gasteiger partial charge is 0.346 e. The number of urea groups is 1. The Morgan fingerprint density at radius 2 is 1.94 bits per heavy atom. The van der Waals surface area contributed by atoms with Gasteiger partial charge in [0.15, 0.2) is 17.0 Å². The molecular formula is C24H23N8O. The van der Waals surface area contributed by atoms with Crippen LogP contribution in [0.3, 0.4) is 0 Å². The molecule has 33 heavy (non-hydrogen) atoms. The molecule has 1 fully saturated rings. The summed E-state index contributed by atoms with van der Waals surface area (Å²) in [6, 6.07) is 7.88. The minimum atomic E-state index is -0.291. The first-order valence-electron chi connectivity index (χ1n) is 11.1. The number of imidazole rings is 1. The Hall–Kier alpha value is -4.01. The number of amides is 2. The number of rotatable bonds is 3. The molecular weight excluding hydrogens is 416 g/mol. The minimum absolute atomic E-state index is 0.291. The van der Waals surface area contributed by atoms with Crippen LogP contribution >= 0.6 is 0 Å². The largest absolute Gasteiger partial charge is 0.355 e. The van der Waals surface area contributed by atoms with Gasteiger partial charge in [0.1, 0.15) is 12.2 Å². The van der Waals surface area contributed by atoms with E-state index in [1.165, 1.54) is 5.56 Å². The van der Waals surface area contributed by atoms with Crippen LogP contribution < -0.4 is 15.5 Å². The van der Waals surface area contributed by atoms with Gasteiger partial charge < -0.3 is 14.8 Å². The molecule has 0 bridgehead atoms. The molecule has 3 aromatic heterocycles. The summed E-state index contributed by atoms with van der Waals surface area (Å²) >= 11 is 0. The molecule has 0 unspecified atom stereocenters. The van der Waals surface area contributed by atoms with Crippen LogP contribution in [0.5, 0.6) is 0 Å². The second kappa shape index (κ2) is 7.54. The molecule has 2 aliphatic heterocycles. The fourth-order valence-electron chi connectivity index (χ4n) is 4.83. The number of benzene rings is 1. The molecule has 1 N–H and O–H groups in total. The van der Waals surface area contributed by atoms with Gasteiger partial charge in [-0.3, -0.25) is 4.98 Å². The summed E-state index contributed by atoms with van der Waals surface area (Å²) in [5.41, 5.74) is 6.45. The van der Waals surface area contributed by atoms with E-state index in [-0.39, 0.29) is 6.03 Å². The van der Waals surface area contributed by atoms with Crippen molar-refractivity contribution >= 4 is 34.4 Å². The lowest BCUT2D eigenvalue weighted by atomic mass is 9.89. The zero-order valence-electron chi connectivity index (χ0n) is 18.5. The Balaban J connectivity index is 1.26. The molecule has 2 aliphatic rings. The monoisotopic (exact) mass is 439 g/mol. The zero-order chi connectivity index (χ0) is 22.5. The van der Waals surface area contributed by atoms with Crippen molar-refractivity contribution in [2.45, 2.75) is 25.7 Å². The molecule has 6 rings (SSSR count). The molecule has 0 saturated carbocycles. The Morgan fingerprint density at radius 3 is 2.76 bits per heavy atom. The van der Waals surface area contributed by atoms with Gasteiger partial charge in [-0.2, -0.15) is 5.32 Å². The van der Waals surface area contributed by atoms with Gasteiger partial charge in [0, 0.05) is 38.1 Å². The number of pyridine rings is 1. The van der Waals surface area contributed by atoms with Crippen molar-refractivity contribution in [3.8, 4) is 11.4 Å². The van der Waals surface area contributed by atoms with Crippen molar-refractivity contribution in [1.82, 2.24) is 29.8 Å². The number of nitrogens with zero attached hydrogens (tertiary/aromatic N) is 7. The maximum atomic E-state index is 11.5. The fourth-order valence-corrected chi connectivity index (χ4v) is 4.83. The highest BCUT2D eigenvalue weighted by Crippen LogP contribution is 2.36. The van der Waals surface area contributed by atoms with E-state index in [0.717, 1.165) is 71.2 Å². The number of aryl methyl sites for hydroxylation is 2. The number of hydrogen-bond acceptors (Lipinski definition) is 6. The molecule has 0 aliphatic carbocycles. The van der Waals surface area contributed by atoms with Crippen molar-refractivity contribution in [3.63, 3.8) is 0 Å². The van der Waals surface area contributed by atoms with E-state index in [1.54, 1.807) is 6.33 Å². The van der Waals surface area contributed by atoms with Gasteiger partial charge in [0.25, 0.3) is 0 Å². The number of aromatic nitrogens is 5. The van der Waals surface area contributed by atoms with E-state index < -0.39 is 0 Å². The molecule has 0 atom stereocenters. The molecule has 165 valence electrons. The third-order valence-corrected chi connectivity index (χ3v) is 6.52. The van der Waals surface area contributed by atoms with Crippen LogP contribution in [0.25, 0.3) is 22.6 Å². The molecule has 1 saturated heterocycles. The number of carbonyl (C=O) groups is 1. The summed E-state index contributed by atoms with van der Waals surface area (Å²) in [6.45, 7) is 3.78. The molecule has 5 heterocycles. The SMILES string of the molecule is Cc1cncc(-c2nc3c(N4CCC(c5ccc6c(c5)[N]C(=O)N6)CC4)ncnc3n2C)c1. The Bertz CT molecular complexity index is 1390. The average Bonchev–Trinajstić information content (AvgIpc) is 3.37. The Labute approximate surface area is 190 Å². The number of carbonyl (C=O) groups excluding carboxylic acids is 1. The number of hydrogen-bond donors (Lipinski definition) is 1. The van der Waals surface area contributed by atoms with E-state index in [9.17, 15) is 4.79 Å². The van der Waals surface area contributed by atoms with Crippen LogP contribution in [0, 0.1) is 6.92 Å². The van der Waals surface area contributed by atoms with Crippen molar-refractivity contribution in [1.29, 1.82) is 0 Å². The van der Waals surface area contributed by atoms with Gasteiger partial charge in [-0.15, -0.1) is 0 Å². The first-order valence-corrected chi connectivity index (χ1v) is 11.1. The summed E-state index contributed by atoms with van der Waals surface area (Å²) < 4.78 is 2.01. The molecule has 1 aromatic carbocycles. The Morgan fingerprint density at radius 1 is 1.09 bits per heavy atom. The van der Waals surface area contributed by atoms with Crippen LogP contribution in [0.2, 0.25) is 0 Å². The third kappa shape index (κ3) is 3.36. The topological polar surface area (TPSA) is 103 Å². The third-order valence-electron chi connectivity index (χ3n) is 6.52. The van der Waals surface area contributed by atoms with Gasteiger partial charge >= 0.3 is 6.03 Å². The summed E-state index contributed by atoms with van der Waals surface area (Å²) in [5, 5.41) is 6.81. The van der Waals surface area contributed by atoms with Gasteiger partial charge in [0.05, 0.1) is 11.4 Å². The minimum Gasteiger partial charge on any atom is -0.355 e. The van der Waals surface area contributed by atoms with E-state index in [4.69, 9.17) is 4.98 Å². The number of fused-ring (bicyclic) bond motifs is 2. The standard InChI is InChI=1S/C24H23N8O/c1-14-9-17(12-25-11-14)21-30-20-22(31(21)2)26-13-27-23(20)32-7-5-15(6-8-32)16-3-4-18-19(10-16)29-24(33)28-18/h3-4,9-13,15H,5-8H2,1-2H3,(H,28,33). The van der Waals surface area contributed by atoms with E-state index >= 15 is 0 Å². The van der Waals surface area contributed by atoms with Gasteiger partial charge in [0.2, 0.25) is 0 Å². The second-order valence-electron chi connectivity index (χ2n) is 8.69. The molecule has 1 radical (unpaired) electrons. The average molecular weight is 440 g/mol.